The van der Waals surface area contributed by atoms with Gasteiger partial charge in [-0.15, -0.1) is 0 Å². The van der Waals surface area contributed by atoms with Gasteiger partial charge in [0.25, 0.3) is 5.91 Å². The van der Waals surface area contributed by atoms with Gasteiger partial charge in [0.15, 0.2) is 0 Å². The number of hydrogen-bond donors (Lipinski definition) is 3. The molecule has 0 heterocycles. The second-order valence-electron chi connectivity index (χ2n) is 4.01. The van der Waals surface area contributed by atoms with Crippen LogP contribution in [0.4, 0.5) is 5.69 Å². The van der Waals surface area contributed by atoms with Gasteiger partial charge in [-0.05, 0) is 24.6 Å². The maximum atomic E-state index is 11.5. The molecule has 5 heteroatoms. The van der Waals surface area contributed by atoms with Crippen LogP contribution in [0.15, 0.2) is 24.3 Å². The summed E-state index contributed by atoms with van der Waals surface area (Å²) in [6.07, 6.45) is 2.47. The monoisotopic (exact) mass is 247 g/mol. The summed E-state index contributed by atoms with van der Waals surface area (Å²) >= 11 is 0. The van der Waals surface area contributed by atoms with E-state index in [1.165, 1.54) is 0 Å². The third-order valence-corrected chi connectivity index (χ3v) is 2.61. The summed E-state index contributed by atoms with van der Waals surface area (Å²) in [5.74, 6) is -0.467. The molecule has 0 saturated carbocycles. The van der Waals surface area contributed by atoms with E-state index in [1.54, 1.807) is 29.7 Å². The molecule has 1 rings (SSSR count). The van der Waals surface area contributed by atoms with Crippen LogP contribution in [0.25, 0.3) is 0 Å². The van der Waals surface area contributed by atoms with Crippen molar-refractivity contribution < 1.29 is 10.0 Å². The van der Waals surface area contributed by atoms with E-state index in [2.05, 4.69) is 5.32 Å². The van der Waals surface area contributed by atoms with Crippen LogP contribution >= 0.6 is 0 Å². The lowest BCUT2D eigenvalue weighted by Gasteiger charge is -2.17. The van der Waals surface area contributed by atoms with Crippen LogP contribution in [0, 0.1) is 11.3 Å². The third-order valence-electron chi connectivity index (χ3n) is 2.61. The number of unbranched alkanes of at least 4 members (excludes halogenated alkanes) is 1. The zero-order chi connectivity index (χ0) is 13.4. The predicted octanol–water partition coefficient (Wildman–Crippen LogP) is 2.03. The Labute approximate surface area is 106 Å². The third kappa shape index (κ3) is 4.07. The number of benzene rings is 1. The molecule has 18 heavy (non-hydrogen) atoms. The molecule has 5 nitrogen and oxygen atoms in total. The minimum absolute atomic E-state index is 0.467. The van der Waals surface area contributed by atoms with Crippen molar-refractivity contribution in [2.45, 2.75) is 32.2 Å². The number of hydrogen-bond acceptors (Lipinski definition) is 4. The fourth-order valence-electron chi connectivity index (χ4n) is 1.63. The summed E-state index contributed by atoms with van der Waals surface area (Å²) in [5.41, 5.74) is 2.88. The molecule has 0 radical (unpaired) electrons. The first-order chi connectivity index (χ1) is 8.71. The zero-order valence-corrected chi connectivity index (χ0v) is 10.3. The lowest BCUT2D eigenvalue weighted by molar-refractivity contribution is -0.130. The zero-order valence-electron chi connectivity index (χ0n) is 10.3. The molecule has 0 aliphatic carbocycles. The van der Waals surface area contributed by atoms with E-state index in [9.17, 15) is 4.79 Å². The SMILES string of the molecule is CCCCC(Nc1cccc(C#N)c1)C(=O)NO. The molecular weight excluding hydrogens is 230 g/mol. The summed E-state index contributed by atoms with van der Waals surface area (Å²) in [6, 6.07) is 8.43. The molecule has 1 amide bonds. The van der Waals surface area contributed by atoms with Crippen LogP contribution in [0.2, 0.25) is 0 Å². The van der Waals surface area contributed by atoms with Gasteiger partial charge >= 0.3 is 0 Å². The Morgan fingerprint density at radius 2 is 2.33 bits per heavy atom. The molecule has 0 fully saturated rings. The van der Waals surface area contributed by atoms with E-state index in [0.29, 0.717) is 17.7 Å². The lowest BCUT2D eigenvalue weighted by Crippen LogP contribution is -2.38. The Morgan fingerprint density at radius 1 is 1.56 bits per heavy atom. The van der Waals surface area contributed by atoms with Crippen LogP contribution in [0.1, 0.15) is 31.7 Å². The van der Waals surface area contributed by atoms with E-state index < -0.39 is 11.9 Å². The van der Waals surface area contributed by atoms with Crippen molar-refractivity contribution in [2.75, 3.05) is 5.32 Å². The highest BCUT2D eigenvalue weighted by atomic mass is 16.5. The summed E-state index contributed by atoms with van der Waals surface area (Å²) in [7, 11) is 0. The van der Waals surface area contributed by atoms with E-state index in [0.717, 1.165) is 12.8 Å². The molecular formula is C13H17N3O2. The quantitative estimate of drug-likeness (QED) is 0.530. The average molecular weight is 247 g/mol. The molecule has 96 valence electrons. The number of carbonyl (C=O) groups is 1. The molecule has 0 saturated heterocycles. The maximum Gasteiger partial charge on any atom is 0.265 e. The van der Waals surface area contributed by atoms with Crippen molar-refractivity contribution >= 4 is 11.6 Å². The van der Waals surface area contributed by atoms with E-state index >= 15 is 0 Å². The van der Waals surface area contributed by atoms with Gasteiger partial charge in [-0.1, -0.05) is 25.8 Å². The normalized spacial score (nSPS) is 11.4. The van der Waals surface area contributed by atoms with Crippen molar-refractivity contribution in [3.8, 4) is 6.07 Å². The fraction of sp³-hybridized carbons (Fsp3) is 0.385. The highest BCUT2D eigenvalue weighted by Gasteiger charge is 2.16. The Kier molecular flexibility index (Phi) is 5.68. The van der Waals surface area contributed by atoms with Crippen LogP contribution < -0.4 is 10.8 Å². The second-order valence-corrected chi connectivity index (χ2v) is 4.01. The summed E-state index contributed by atoms with van der Waals surface area (Å²) in [6.45, 7) is 2.03. The van der Waals surface area contributed by atoms with Gasteiger partial charge in [-0.2, -0.15) is 5.26 Å². The van der Waals surface area contributed by atoms with Crippen molar-refractivity contribution in [1.82, 2.24) is 5.48 Å². The number of nitriles is 1. The molecule has 0 aromatic heterocycles. The Bertz CT molecular complexity index is 440. The van der Waals surface area contributed by atoms with Crippen molar-refractivity contribution in [3.63, 3.8) is 0 Å². The van der Waals surface area contributed by atoms with Crippen LogP contribution in [0.3, 0.4) is 0 Å². The van der Waals surface area contributed by atoms with Crippen molar-refractivity contribution in [1.29, 1.82) is 5.26 Å². The van der Waals surface area contributed by atoms with Gasteiger partial charge in [0.2, 0.25) is 0 Å². The summed E-state index contributed by atoms with van der Waals surface area (Å²) in [5, 5.41) is 20.5. The lowest BCUT2D eigenvalue weighted by atomic mass is 10.1. The van der Waals surface area contributed by atoms with Gasteiger partial charge in [-0.25, -0.2) is 5.48 Å². The molecule has 1 atom stereocenters. The standard InChI is InChI=1S/C13H17N3O2/c1-2-3-7-12(13(17)16-18)15-11-6-4-5-10(8-11)9-14/h4-6,8,12,15,18H,2-3,7H2,1H3,(H,16,17). The van der Waals surface area contributed by atoms with Gasteiger partial charge in [0.1, 0.15) is 6.04 Å². The smallest absolute Gasteiger partial charge is 0.265 e. The Morgan fingerprint density at radius 3 is 2.94 bits per heavy atom. The fourth-order valence-corrected chi connectivity index (χ4v) is 1.63. The van der Waals surface area contributed by atoms with Gasteiger partial charge in [-0.3, -0.25) is 10.0 Å². The largest absolute Gasteiger partial charge is 0.374 e. The number of anilines is 1. The molecule has 0 spiro atoms. The first-order valence-electron chi connectivity index (χ1n) is 5.92. The number of carbonyl (C=O) groups excluding carboxylic acids is 1. The first kappa shape index (κ1) is 14.0. The molecule has 0 aliphatic rings. The first-order valence-corrected chi connectivity index (χ1v) is 5.92. The topological polar surface area (TPSA) is 85.2 Å². The second kappa shape index (κ2) is 7.30. The van der Waals surface area contributed by atoms with Gasteiger partial charge in [0, 0.05) is 5.69 Å². The number of nitrogens with one attached hydrogen (secondary N) is 2. The number of nitrogens with zero attached hydrogens (tertiary/aromatic N) is 1. The van der Waals surface area contributed by atoms with Crippen LogP contribution in [0.5, 0.6) is 0 Å². The Balaban J connectivity index is 2.75. The summed E-state index contributed by atoms with van der Waals surface area (Å²) in [4.78, 5) is 11.5. The van der Waals surface area contributed by atoms with E-state index in [1.807, 2.05) is 13.0 Å². The van der Waals surface area contributed by atoms with Crippen molar-refractivity contribution in [3.05, 3.63) is 29.8 Å². The number of amides is 1. The van der Waals surface area contributed by atoms with Gasteiger partial charge in [0.05, 0.1) is 11.6 Å². The maximum absolute atomic E-state index is 11.5. The molecule has 3 N–H and O–H groups in total. The van der Waals surface area contributed by atoms with Crippen LogP contribution in [-0.2, 0) is 4.79 Å². The molecule has 0 aliphatic heterocycles. The molecule has 1 aromatic carbocycles. The molecule has 1 aromatic rings. The van der Waals surface area contributed by atoms with Gasteiger partial charge < -0.3 is 5.32 Å². The Hall–Kier alpha value is -2.06. The predicted molar refractivity (Wildman–Crippen MR) is 68.0 cm³/mol. The average Bonchev–Trinajstić information content (AvgIpc) is 2.42. The van der Waals surface area contributed by atoms with Crippen LogP contribution in [-0.4, -0.2) is 17.2 Å². The number of rotatable bonds is 6. The number of hydroxylamine groups is 1. The minimum atomic E-state index is -0.496. The molecule has 1 unspecified atom stereocenters. The highest BCUT2D eigenvalue weighted by molar-refractivity contribution is 5.83. The minimum Gasteiger partial charge on any atom is -0.374 e. The highest BCUT2D eigenvalue weighted by Crippen LogP contribution is 2.13. The summed E-state index contributed by atoms with van der Waals surface area (Å²) < 4.78 is 0. The van der Waals surface area contributed by atoms with E-state index in [-0.39, 0.29) is 0 Å². The van der Waals surface area contributed by atoms with Crippen molar-refractivity contribution in [2.24, 2.45) is 0 Å². The molecule has 0 bridgehead atoms. The van der Waals surface area contributed by atoms with E-state index in [4.69, 9.17) is 10.5 Å².